The highest BCUT2D eigenvalue weighted by Gasteiger charge is 2.25. The molecule has 2 amide bonds. The van der Waals surface area contributed by atoms with Gasteiger partial charge in [-0.05, 0) is 32.1 Å². The summed E-state index contributed by atoms with van der Waals surface area (Å²) in [6, 6.07) is -0.0774. The molecule has 0 spiro atoms. The number of aromatic nitrogens is 1. The zero-order valence-corrected chi connectivity index (χ0v) is 12.9. The Kier molecular flexibility index (Phi) is 5.37. The molecule has 0 aliphatic carbocycles. The van der Waals surface area contributed by atoms with Crippen LogP contribution < -0.4 is 5.32 Å². The molecular formula is C14H23N3O2S. The largest absolute Gasteiger partial charge is 0.393 e. The number of hydrogen-bond acceptors (Lipinski definition) is 4. The first-order chi connectivity index (χ1) is 9.60. The number of anilines is 1. The van der Waals surface area contributed by atoms with Gasteiger partial charge in [0.25, 0.3) is 0 Å². The molecule has 1 aromatic heterocycles. The van der Waals surface area contributed by atoms with E-state index < -0.39 is 0 Å². The van der Waals surface area contributed by atoms with Gasteiger partial charge in [-0.25, -0.2) is 9.78 Å². The van der Waals surface area contributed by atoms with Gasteiger partial charge in [0.1, 0.15) is 0 Å². The summed E-state index contributed by atoms with van der Waals surface area (Å²) in [7, 11) is 0. The Morgan fingerprint density at radius 1 is 1.60 bits per heavy atom. The Balaban J connectivity index is 1.83. The molecule has 1 atom stereocenters. The van der Waals surface area contributed by atoms with Gasteiger partial charge in [0.15, 0.2) is 5.13 Å². The third kappa shape index (κ3) is 3.93. The smallest absolute Gasteiger partial charge is 0.323 e. The molecule has 20 heavy (non-hydrogen) atoms. The highest BCUT2D eigenvalue weighted by molar-refractivity contribution is 7.15. The van der Waals surface area contributed by atoms with Crippen LogP contribution in [-0.2, 0) is 6.42 Å². The van der Waals surface area contributed by atoms with Crippen LogP contribution in [0.2, 0.25) is 0 Å². The van der Waals surface area contributed by atoms with Crippen molar-refractivity contribution in [2.45, 2.75) is 45.6 Å². The van der Waals surface area contributed by atoms with E-state index in [0.717, 1.165) is 25.7 Å². The molecule has 1 aliphatic heterocycles. The summed E-state index contributed by atoms with van der Waals surface area (Å²) in [5.41, 5.74) is 0. The van der Waals surface area contributed by atoms with Crippen molar-refractivity contribution in [3.63, 3.8) is 0 Å². The van der Waals surface area contributed by atoms with Crippen molar-refractivity contribution in [1.82, 2.24) is 9.88 Å². The van der Waals surface area contributed by atoms with E-state index in [2.05, 4.69) is 17.2 Å². The van der Waals surface area contributed by atoms with Crippen molar-refractivity contribution in [1.29, 1.82) is 0 Å². The fourth-order valence-corrected chi connectivity index (χ4v) is 3.39. The average Bonchev–Trinajstić information content (AvgIpc) is 2.86. The molecule has 1 aliphatic rings. The summed E-state index contributed by atoms with van der Waals surface area (Å²) < 4.78 is 0. The zero-order chi connectivity index (χ0) is 14.5. The molecule has 2 rings (SSSR count). The van der Waals surface area contributed by atoms with E-state index in [1.54, 1.807) is 16.2 Å². The van der Waals surface area contributed by atoms with Crippen LogP contribution in [0.3, 0.4) is 0 Å². The average molecular weight is 297 g/mol. The van der Waals surface area contributed by atoms with Crippen LogP contribution in [-0.4, -0.2) is 40.2 Å². The second kappa shape index (κ2) is 7.04. The van der Waals surface area contributed by atoms with Crippen LogP contribution >= 0.6 is 11.3 Å². The first-order valence-electron chi connectivity index (χ1n) is 7.28. The van der Waals surface area contributed by atoms with Crippen molar-refractivity contribution in [2.24, 2.45) is 5.92 Å². The lowest BCUT2D eigenvalue weighted by Gasteiger charge is -2.32. The minimum atomic E-state index is -0.282. The Morgan fingerprint density at radius 3 is 2.90 bits per heavy atom. The molecule has 1 aromatic rings. The van der Waals surface area contributed by atoms with Crippen molar-refractivity contribution in [3.05, 3.63) is 11.1 Å². The lowest BCUT2D eigenvalue weighted by atomic mass is 9.92. The predicted molar refractivity (Wildman–Crippen MR) is 81.1 cm³/mol. The number of urea groups is 1. The Bertz CT molecular complexity index is 439. The van der Waals surface area contributed by atoms with E-state index >= 15 is 0 Å². The number of aliphatic hydroxyl groups excluding tert-OH is 1. The van der Waals surface area contributed by atoms with Gasteiger partial charge in [-0.2, -0.15) is 0 Å². The van der Waals surface area contributed by atoms with Crippen LogP contribution in [0.1, 0.15) is 38.0 Å². The minimum absolute atomic E-state index is 0.0774. The standard InChI is InChI=1S/C14H23N3O2S/c1-3-4-12-9-15-13(20-12)16-14(19)17-7-5-11(6-8-17)10(2)18/h9-11,18H,3-8H2,1-2H3,(H,15,16,19). The number of aryl methyl sites for hydroxylation is 1. The Hall–Kier alpha value is -1.14. The van der Waals surface area contributed by atoms with Crippen molar-refractivity contribution < 1.29 is 9.90 Å². The second-order valence-electron chi connectivity index (χ2n) is 5.38. The molecule has 5 nitrogen and oxygen atoms in total. The highest BCUT2D eigenvalue weighted by atomic mass is 32.1. The number of aliphatic hydroxyl groups is 1. The van der Waals surface area contributed by atoms with Crippen LogP contribution in [0.15, 0.2) is 6.20 Å². The molecule has 0 aromatic carbocycles. The number of nitrogens with zero attached hydrogens (tertiary/aromatic N) is 2. The van der Waals surface area contributed by atoms with Gasteiger partial charge in [0.05, 0.1) is 6.10 Å². The third-order valence-corrected chi connectivity index (χ3v) is 4.75. The summed E-state index contributed by atoms with van der Waals surface area (Å²) in [5, 5.41) is 13.1. The predicted octanol–water partition coefficient (Wildman–Crippen LogP) is 2.72. The number of piperidine rings is 1. The van der Waals surface area contributed by atoms with E-state index in [1.807, 2.05) is 13.1 Å². The van der Waals surface area contributed by atoms with E-state index in [0.29, 0.717) is 24.1 Å². The van der Waals surface area contributed by atoms with E-state index in [1.165, 1.54) is 4.88 Å². The molecule has 1 saturated heterocycles. The maximum atomic E-state index is 12.1. The van der Waals surface area contributed by atoms with Crippen LogP contribution in [0.25, 0.3) is 0 Å². The van der Waals surface area contributed by atoms with Crippen molar-refractivity contribution in [3.8, 4) is 0 Å². The van der Waals surface area contributed by atoms with Crippen LogP contribution in [0, 0.1) is 5.92 Å². The summed E-state index contributed by atoms with van der Waals surface area (Å²) in [4.78, 5) is 19.4. The lowest BCUT2D eigenvalue weighted by molar-refractivity contribution is 0.0820. The highest BCUT2D eigenvalue weighted by Crippen LogP contribution is 2.23. The van der Waals surface area contributed by atoms with Gasteiger partial charge in [-0.3, -0.25) is 5.32 Å². The molecule has 0 radical (unpaired) electrons. The molecule has 112 valence electrons. The number of thiazole rings is 1. The quantitative estimate of drug-likeness (QED) is 0.898. The summed E-state index contributed by atoms with van der Waals surface area (Å²) in [6.07, 6.45) is 5.38. The fourth-order valence-electron chi connectivity index (χ4n) is 2.48. The van der Waals surface area contributed by atoms with Crippen LogP contribution in [0.4, 0.5) is 9.93 Å². The van der Waals surface area contributed by atoms with E-state index in [9.17, 15) is 9.90 Å². The van der Waals surface area contributed by atoms with Crippen molar-refractivity contribution in [2.75, 3.05) is 18.4 Å². The monoisotopic (exact) mass is 297 g/mol. The van der Waals surface area contributed by atoms with Gasteiger partial charge < -0.3 is 10.0 Å². The van der Waals surface area contributed by atoms with Gasteiger partial charge in [0, 0.05) is 24.2 Å². The van der Waals surface area contributed by atoms with Gasteiger partial charge in [0.2, 0.25) is 0 Å². The number of carbonyl (C=O) groups is 1. The molecule has 2 N–H and O–H groups in total. The normalized spacial score (nSPS) is 18.1. The maximum Gasteiger partial charge on any atom is 0.323 e. The molecule has 2 heterocycles. The lowest BCUT2D eigenvalue weighted by Crippen LogP contribution is -2.42. The van der Waals surface area contributed by atoms with Gasteiger partial charge in [-0.1, -0.05) is 13.3 Å². The first kappa shape index (κ1) is 15.3. The second-order valence-corrected chi connectivity index (χ2v) is 6.49. The Labute approximate surface area is 124 Å². The third-order valence-electron chi connectivity index (χ3n) is 3.77. The number of likely N-dealkylation sites (tertiary alicyclic amines) is 1. The number of hydrogen-bond donors (Lipinski definition) is 2. The summed E-state index contributed by atoms with van der Waals surface area (Å²) in [6.45, 7) is 5.36. The fraction of sp³-hybridized carbons (Fsp3) is 0.714. The zero-order valence-electron chi connectivity index (χ0n) is 12.1. The Morgan fingerprint density at radius 2 is 2.30 bits per heavy atom. The molecular weight excluding hydrogens is 274 g/mol. The van der Waals surface area contributed by atoms with E-state index in [-0.39, 0.29) is 12.1 Å². The number of amides is 2. The number of nitrogens with one attached hydrogen (secondary N) is 1. The minimum Gasteiger partial charge on any atom is -0.393 e. The first-order valence-corrected chi connectivity index (χ1v) is 8.10. The summed E-state index contributed by atoms with van der Waals surface area (Å²) >= 11 is 1.55. The number of carbonyl (C=O) groups excluding carboxylic acids is 1. The topological polar surface area (TPSA) is 65.5 Å². The van der Waals surface area contributed by atoms with Gasteiger partial charge >= 0.3 is 6.03 Å². The van der Waals surface area contributed by atoms with Crippen molar-refractivity contribution >= 4 is 22.5 Å². The molecule has 1 fully saturated rings. The SMILES string of the molecule is CCCc1cnc(NC(=O)N2CCC(C(C)O)CC2)s1. The van der Waals surface area contributed by atoms with E-state index in [4.69, 9.17) is 0 Å². The molecule has 0 saturated carbocycles. The van der Waals surface area contributed by atoms with Gasteiger partial charge in [-0.15, -0.1) is 11.3 Å². The maximum absolute atomic E-state index is 12.1. The number of rotatable bonds is 4. The molecule has 0 bridgehead atoms. The summed E-state index contributed by atoms with van der Waals surface area (Å²) in [5.74, 6) is 0.315. The molecule has 1 unspecified atom stereocenters. The molecule has 6 heteroatoms. The van der Waals surface area contributed by atoms with Crippen LogP contribution in [0.5, 0.6) is 0 Å².